The summed E-state index contributed by atoms with van der Waals surface area (Å²) >= 11 is 4.98. The molecule has 0 aliphatic rings. The zero-order valence-corrected chi connectivity index (χ0v) is 11.7. The van der Waals surface area contributed by atoms with Crippen molar-refractivity contribution in [2.24, 2.45) is 5.73 Å². The largest absolute Gasteiger partial charge is 0.389 e. The Balaban J connectivity index is 2.13. The zero-order chi connectivity index (χ0) is 13.8. The van der Waals surface area contributed by atoms with Gasteiger partial charge in [0.1, 0.15) is 16.6 Å². The lowest BCUT2D eigenvalue weighted by atomic mass is 10.2. The number of rotatable bonds is 4. The molecule has 0 amide bonds. The molecular formula is C13H15N5S. The van der Waals surface area contributed by atoms with Crippen LogP contribution in [0.5, 0.6) is 0 Å². The molecule has 2 aromatic rings. The number of anilines is 1. The van der Waals surface area contributed by atoms with Crippen molar-refractivity contribution in [2.75, 3.05) is 5.32 Å². The summed E-state index contributed by atoms with van der Waals surface area (Å²) in [6, 6.07) is 5.57. The minimum atomic E-state index is 0.367. The number of nitrogens with one attached hydrogen (secondary N) is 1. The van der Waals surface area contributed by atoms with E-state index >= 15 is 0 Å². The molecular weight excluding hydrogens is 258 g/mol. The topological polar surface area (TPSA) is 76.7 Å². The van der Waals surface area contributed by atoms with Crippen molar-refractivity contribution in [2.45, 2.75) is 20.4 Å². The van der Waals surface area contributed by atoms with Crippen LogP contribution in [0.3, 0.4) is 0 Å². The summed E-state index contributed by atoms with van der Waals surface area (Å²) < 4.78 is 0. The molecule has 0 spiro atoms. The van der Waals surface area contributed by atoms with Gasteiger partial charge in [0, 0.05) is 17.5 Å². The first-order valence-electron chi connectivity index (χ1n) is 5.85. The highest BCUT2D eigenvalue weighted by atomic mass is 32.1. The van der Waals surface area contributed by atoms with Gasteiger partial charge in [-0.15, -0.1) is 0 Å². The Kier molecular flexibility index (Phi) is 4.01. The van der Waals surface area contributed by atoms with Gasteiger partial charge in [-0.2, -0.15) is 0 Å². The Hall–Kier alpha value is -2.08. The predicted molar refractivity (Wildman–Crippen MR) is 79.0 cm³/mol. The van der Waals surface area contributed by atoms with E-state index in [1.165, 1.54) is 0 Å². The van der Waals surface area contributed by atoms with Crippen LogP contribution in [-0.4, -0.2) is 19.9 Å². The minimum Gasteiger partial charge on any atom is -0.389 e. The van der Waals surface area contributed by atoms with E-state index in [0.29, 0.717) is 11.5 Å². The van der Waals surface area contributed by atoms with E-state index in [1.54, 1.807) is 6.20 Å². The molecule has 0 saturated carbocycles. The molecule has 2 heterocycles. The van der Waals surface area contributed by atoms with Crippen molar-refractivity contribution >= 4 is 23.0 Å². The molecule has 0 radical (unpaired) electrons. The van der Waals surface area contributed by atoms with Crippen LogP contribution in [0.1, 0.15) is 22.8 Å². The second-order valence-electron chi connectivity index (χ2n) is 4.20. The molecule has 0 aromatic carbocycles. The van der Waals surface area contributed by atoms with Gasteiger partial charge in [0.15, 0.2) is 0 Å². The number of pyridine rings is 1. The van der Waals surface area contributed by atoms with E-state index in [9.17, 15) is 0 Å². The first-order valence-corrected chi connectivity index (χ1v) is 6.26. The fourth-order valence-electron chi connectivity index (χ4n) is 1.69. The van der Waals surface area contributed by atoms with Crippen molar-refractivity contribution in [3.8, 4) is 0 Å². The smallest absolute Gasteiger partial charge is 0.127 e. The highest BCUT2D eigenvalue weighted by Crippen LogP contribution is 2.11. The number of nitrogens with two attached hydrogens (primary N) is 1. The van der Waals surface area contributed by atoms with E-state index in [2.05, 4.69) is 20.3 Å². The molecule has 0 fully saturated rings. The SMILES string of the molecule is Cc1cc(C(N)=S)cc(NCc2ccnc(C)n2)n1. The third-order valence-electron chi connectivity index (χ3n) is 2.52. The van der Waals surface area contributed by atoms with Gasteiger partial charge in [-0.25, -0.2) is 15.0 Å². The van der Waals surface area contributed by atoms with Gasteiger partial charge in [0.2, 0.25) is 0 Å². The van der Waals surface area contributed by atoms with Crippen molar-refractivity contribution in [1.82, 2.24) is 15.0 Å². The van der Waals surface area contributed by atoms with Crippen molar-refractivity contribution in [1.29, 1.82) is 0 Å². The number of thiocarbonyl (C=S) groups is 1. The Bertz CT molecular complexity index is 612. The molecule has 6 heteroatoms. The summed E-state index contributed by atoms with van der Waals surface area (Å²) in [6.07, 6.45) is 1.74. The first-order chi connectivity index (χ1) is 9.04. The fourth-order valence-corrected chi connectivity index (χ4v) is 1.80. The summed E-state index contributed by atoms with van der Waals surface area (Å²) in [5.74, 6) is 1.49. The van der Waals surface area contributed by atoms with Crippen LogP contribution in [0.25, 0.3) is 0 Å². The molecule has 3 N–H and O–H groups in total. The number of aromatic nitrogens is 3. The van der Waals surface area contributed by atoms with Crippen LogP contribution < -0.4 is 11.1 Å². The molecule has 0 unspecified atom stereocenters. The third-order valence-corrected chi connectivity index (χ3v) is 2.76. The van der Waals surface area contributed by atoms with Crippen LogP contribution >= 0.6 is 12.2 Å². The van der Waals surface area contributed by atoms with Crippen molar-refractivity contribution in [3.63, 3.8) is 0 Å². The molecule has 2 aromatic heterocycles. The van der Waals surface area contributed by atoms with E-state index in [0.717, 1.165) is 28.6 Å². The molecule has 2 rings (SSSR count). The van der Waals surface area contributed by atoms with Crippen LogP contribution in [-0.2, 0) is 6.54 Å². The van der Waals surface area contributed by atoms with Gasteiger partial charge in [-0.1, -0.05) is 12.2 Å². The third kappa shape index (κ3) is 3.69. The van der Waals surface area contributed by atoms with Gasteiger partial charge in [0.25, 0.3) is 0 Å². The second-order valence-corrected chi connectivity index (χ2v) is 4.64. The molecule has 0 saturated heterocycles. The highest BCUT2D eigenvalue weighted by molar-refractivity contribution is 7.80. The minimum absolute atomic E-state index is 0.367. The number of aryl methyl sites for hydroxylation is 2. The summed E-state index contributed by atoms with van der Waals surface area (Å²) in [6.45, 7) is 4.34. The van der Waals surface area contributed by atoms with Gasteiger partial charge < -0.3 is 11.1 Å². The molecule has 0 aliphatic heterocycles. The maximum atomic E-state index is 5.63. The first kappa shape index (κ1) is 13.4. The normalized spacial score (nSPS) is 10.2. The average molecular weight is 273 g/mol. The van der Waals surface area contributed by atoms with E-state index in [-0.39, 0.29) is 0 Å². The number of nitrogens with zero attached hydrogens (tertiary/aromatic N) is 3. The molecule has 19 heavy (non-hydrogen) atoms. The maximum Gasteiger partial charge on any atom is 0.127 e. The van der Waals surface area contributed by atoms with E-state index in [4.69, 9.17) is 18.0 Å². The fraction of sp³-hybridized carbons (Fsp3) is 0.231. The standard InChI is InChI=1S/C13H15N5S/c1-8-5-10(13(14)19)6-12(17-8)16-7-11-3-4-15-9(2)18-11/h3-6H,7H2,1-2H3,(H2,14,19)(H,16,17). The lowest BCUT2D eigenvalue weighted by molar-refractivity contribution is 0.948. The molecule has 0 aliphatic carbocycles. The molecule has 98 valence electrons. The summed E-state index contributed by atoms with van der Waals surface area (Å²) in [7, 11) is 0. The number of hydrogen-bond acceptors (Lipinski definition) is 5. The van der Waals surface area contributed by atoms with Crippen LogP contribution in [0.4, 0.5) is 5.82 Å². The van der Waals surface area contributed by atoms with Gasteiger partial charge in [0.05, 0.1) is 12.2 Å². The van der Waals surface area contributed by atoms with E-state index in [1.807, 2.05) is 32.0 Å². The molecule has 0 bridgehead atoms. The van der Waals surface area contributed by atoms with Crippen LogP contribution in [0.2, 0.25) is 0 Å². The lowest BCUT2D eigenvalue weighted by Crippen LogP contribution is -2.12. The average Bonchev–Trinajstić information content (AvgIpc) is 2.36. The maximum absolute atomic E-state index is 5.63. The molecule has 5 nitrogen and oxygen atoms in total. The lowest BCUT2D eigenvalue weighted by Gasteiger charge is -2.08. The zero-order valence-electron chi connectivity index (χ0n) is 10.8. The van der Waals surface area contributed by atoms with E-state index < -0.39 is 0 Å². The second kappa shape index (κ2) is 5.71. The Morgan fingerprint density at radius 2 is 2.11 bits per heavy atom. The van der Waals surface area contributed by atoms with Gasteiger partial charge in [-0.05, 0) is 32.0 Å². The quantitative estimate of drug-likeness (QED) is 0.826. The summed E-state index contributed by atoms with van der Waals surface area (Å²) in [4.78, 5) is 13.1. The van der Waals surface area contributed by atoms with Crippen molar-refractivity contribution in [3.05, 3.63) is 47.2 Å². The van der Waals surface area contributed by atoms with Crippen molar-refractivity contribution < 1.29 is 0 Å². The number of hydrogen-bond donors (Lipinski definition) is 2. The van der Waals surface area contributed by atoms with Crippen LogP contribution in [0.15, 0.2) is 24.4 Å². The molecule has 0 atom stereocenters. The highest BCUT2D eigenvalue weighted by Gasteiger charge is 2.03. The monoisotopic (exact) mass is 273 g/mol. The summed E-state index contributed by atoms with van der Waals surface area (Å²) in [5.41, 5.74) is 8.22. The predicted octanol–water partition coefficient (Wildman–Crippen LogP) is 1.73. The summed E-state index contributed by atoms with van der Waals surface area (Å²) in [5, 5.41) is 3.21. The Morgan fingerprint density at radius 1 is 1.32 bits per heavy atom. The van der Waals surface area contributed by atoms with Crippen LogP contribution in [0, 0.1) is 13.8 Å². The van der Waals surface area contributed by atoms with Gasteiger partial charge >= 0.3 is 0 Å². The Labute approximate surface area is 117 Å². The van der Waals surface area contributed by atoms with Gasteiger partial charge in [-0.3, -0.25) is 0 Å². The Morgan fingerprint density at radius 3 is 2.79 bits per heavy atom.